The second-order valence-corrected chi connectivity index (χ2v) is 14.4. The van der Waals surface area contributed by atoms with Crippen LogP contribution in [0, 0.1) is 0 Å². The molecule has 0 N–H and O–H groups in total. The lowest BCUT2D eigenvalue weighted by Crippen LogP contribution is -2.12. The molecule has 0 saturated carbocycles. The van der Waals surface area contributed by atoms with Crippen molar-refractivity contribution < 1.29 is 4.74 Å². The zero-order chi connectivity index (χ0) is 37.0. The molecule has 0 aromatic heterocycles. The van der Waals surface area contributed by atoms with Crippen LogP contribution in [0.4, 0.5) is 17.1 Å². The third-order valence-electron chi connectivity index (χ3n) is 11.2. The Labute approximate surface area is 326 Å². The molecule has 262 valence electrons. The number of ether oxygens (including phenoxy) is 1. The van der Waals surface area contributed by atoms with Crippen molar-refractivity contribution in [1.82, 2.24) is 0 Å². The summed E-state index contributed by atoms with van der Waals surface area (Å²) in [7, 11) is 0. The molecule has 2 nitrogen and oxygen atoms in total. The standard InChI is InChI=1S/C54H35NO/c1-3-16-36(17-4-1)37-30-32-41(33-31-37)55(50-35-40-21-7-9-22-42(40)44-24-11-12-25-45(44)50)49-28-15-27-47-52-43-23-10-8-20-39(43)34-48(38-18-5-2-6-19-38)53(52)46-26-13-14-29-51(46)56-54(47)49/h1-35H. The fourth-order valence-electron chi connectivity index (χ4n) is 8.69. The molecule has 0 unspecified atom stereocenters. The van der Waals surface area contributed by atoms with E-state index in [2.05, 4.69) is 217 Å². The first-order valence-electron chi connectivity index (χ1n) is 19.2. The Balaban J connectivity index is 1.24. The van der Waals surface area contributed by atoms with Gasteiger partial charge in [-0.1, -0.05) is 176 Å². The highest BCUT2D eigenvalue weighted by Crippen LogP contribution is 2.57. The van der Waals surface area contributed by atoms with E-state index in [-0.39, 0.29) is 0 Å². The summed E-state index contributed by atoms with van der Waals surface area (Å²) < 4.78 is 7.33. The van der Waals surface area contributed by atoms with Crippen LogP contribution in [0.25, 0.3) is 76.8 Å². The van der Waals surface area contributed by atoms with Gasteiger partial charge in [-0.3, -0.25) is 0 Å². The van der Waals surface area contributed by atoms with Gasteiger partial charge in [0.15, 0.2) is 5.75 Å². The first-order chi connectivity index (χ1) is 27.8. The van der Waals surface area contributed by atoms with Crippen LogP contribution in [0.1, 0.15) is 0 Å². The topological polar surface area (TPSA) is 12.5 Å². The SMILES string of the molecule is c1ccc(-c2ccc(N(c3cccc4c3Oc3ccccc3-c3c(-c5ccccc5)cc5ccccc5c3-4)c3cc4ccccc4c4ccccc34)cc2)cc1. The minimum absolute atomic E-state index is 0.818. The smallest absolute Gasteiger partial charge is 0.159 e. The minimum atomic E-state index is 0.818. The second-order valence-electron chi connectivity index (χ2n) is 14.4. The number of anilines is 3. The summed E-state index contributed by atoms with van der Waals surface area (Å²) in [4.78, 5) is 2.40. The second kappa shape index (κ2) is 13.2. The average Bonchev–Trinajstić information content (AvgIpc) is 3.42. The quantitative estimate of drug-likeness (QED) is 0.165. The van der Waals surface area contributed by atoms with Crippen molar-refractivity contribution in [2.24, 2.45) is 0 Å². The lowest BCUT2D eigenvalue weighted by atomic mass is 9.84. The molecule has 56 heavy (non-hydrogen) atoms. The third kappa shape index (κ3) is 5.19. The molecule has 10 aromatic rings. The van der Waals surface area contributed by atoms with Gasteiger partial charge in [-0.2, -0.15) is 0 Å². The summed E-state index contributed by atoms with van der Waals surface area (Å²) in [6.07, 6.45) is 0. The maximum atomic E-state index is 7.33. The lowest BCUT2D eigenvalue weighted by molar-refractivity contribution is 0.489. The number of hydrogen-bond acceptors (Lipinski definition) is 2. The third-order valence-corrected chi connectivity index (χ3v) is 11.2. The summed E-state index contributed by atoms with van der Waals surface area (Å²) >= 11 is 0. The van der Waals surface area contributed by atoms with E-state index in [4.69, 9.17) is 4.74 Å². The van der Waals surface area contributed by atoms with Crippen LogP contribution in [0.2, 0.25) is 0 Å². The van der Waals surface area contributed by atoms with E-state index in [0.717, 1.165) is 39.7 Å². The molecule has 1 heterocycles. The molecule has 0 fully saturated rings. The molecule has 11 rings (SSSR count). The van der Waals surface area contributed by atoms with Crippen molar-refractivity contribution in [1.29, 1.82) is 0 Å². The summed E-state index contributed by atoms with van der Waals surface area (Å²) in [5.41, 5.74) is 12.3. The Morgan fingerprint density at radius 1 is 0.321 bits per heavy atom. The van der Waals surface area contributed by atoms with Gasteiger partial charge in [0.05, 0.1) is 11.4 Å². The van der Waals surface area contributed by atoms with Crippen molar-refractivity contribution in [3.8, 4) is 56.0 Å². The van der Waals surface area contributed by atoms with Crippen LogP contribution in [-0.4, -0.2) is 0 Å². The number of rotatable bonds is 5. The molecule has 0 amide bonds. The van der Waals surface area contributed by atoms with Gasteiger partial charge < -0.3 is 9.64 Å². The predicted molar refractivity (Wildman–Crippen MR) is 235 cm³/mol. The van der Waals surface area contributed by atoms with Crippen LogP contribution in [-0.2, 0) is 0 Å². The van der Waals surface area contributed by atoms with Gasteiger partial charge in [0.25, 0.3) is 0 Å². The molecule has 2 heteroatoms. The summed E-state index contributed by atoms with van der Waals surface area (Å²) in [6.45, 7) is 0. The van der Waals surface area contributed by atoms with Gasteiger partial charge in [-0.15, -0.1) is 0 Å². The van der Waals surface area contributed by atoms with Gasteiger partial charge in [0.2, 0.25) is 0 Å². The van der Waals surface area contributed by atoms with Crippen molar-refractivity contribution in [3.05, 3.63) is 212 Å². The summed E-state index contributed by atoms with van der Waals surface area (Å²) in [5.74, 6) is 1.65. The number of hydrogen-bond donors (Lipinski definition) is 0. The van der Waals surface area contributed by atoms with E-state index in [9.17, 15) is 0 Å². The maximum absolute atomic E-state index is 7.33. The fraction of sp³-hybridized carbons (Fsp3) is 0. The highest BCUT2D eigenvalue weighted by molar-refractivity contribution is 6.16. The van der Waals surface area contributed by atoms with Crippen molar-refractivity contribution >= 4 is 49.4 Å². The Hall–Kier alpha value is -7.42. The van der Waals surface area contributed by atoms with Gasteiger partial charge in [-0.25, -0.2) is 0 Å². The van der Waals surface area contributed by atoms with Crippen LogP contribution < -0.4 is 9.64 Å². The molecule has 0 aliphatic carbocycles. The van der Waals surface area contributed by atoms with Crippen LogP contribution in [0.15, 0.2) is 212 Å². The Morgan fingerprint density at radius 2 is 0.893 bits per heavy atom. The van der Waals surface area contributed by atoms with E-state index in [0.29, 0.717) is 0 Å². The van der Waals surface area contributed by atoms with Gasteiger partial charge >= 0.3 is 0 Å². The van der Waals surface area contributed by atoms with E-state index in [1.807, 2.05) is 0 Å². The molecular formula is C54H35NO. The Kier molecular flexibility index (Phi) is 7.53. The molecule has 1 aliphatic rings. The molecule has 10 aromatic carbocycles. The van der Waals surface area contributed by atoms with Crippen molar-refractivity contribution in [2.45, 2.75) is 0 Å². The lowest BCUT2D eigenvalue weighted by Gasteiger charge is -2.30. The average molecular weight is 714 g/mol. The van der Waals surface area contributed by atoms with Crippen LogP contribution in [0.5, 0.6) is 11.5 Å². The van der Waals surface area contributed by atoms with E-state index in [1.54, 1.807) is 0 Å². The minimum Gasteiger partial charge on any atom is -0.454 e. The number of fused-ring (bicyclic) bond motifs is 10. The molecule has 0 radical (unpaired) electrons. The van der Waals surface area contributed by atoms with Crippen LogP contribution >= 0.6 is 0 Å². The molecular weight excluding hydrogens is 679 g/mol. The number of para-hydroxylation sites is 2. The fourth-order valence-corrected chi connectivity index (χ4v) is 8.69. The Bertz CT molecular complexity index is 3100. The molecule has 0 atom stereocenters. The van der Waals surface area contributed by atoms with Gasteiger partial charge in [0.1, 0.15) is 5.75 Å². The predicted octanol–water partition coefficient (Wildman–Crippen LogP) is 15.4. The molecule has 0 bridgehead atoms. The van der Waals surface area contributed by atoms with E-state index < -0.39 is 0 Å². The molecule has 0 spiro atoms. The zero-order valence-corrected chi connectivity index (χ0v) is 30.6. The van der Waals surface area contributed by atoms with Crippen LogP contribution in [0.3, 0.4) is 0 Å². The van der Waals surface area contributed by atoms with E-state index >= 15 is 0 Å². The Morgan fingerprint density at radius 3 is 1.66 bits per heavy atom. The highest BCUT2D eigenvalue weighted by atomic mass is 16.5. The summed E-state index contributed by atoms with van der Waals surface area (Å²) in [6, 6.07) is 76.3. The summed E-state index contributed by atoms with van der Waals surface area (Å²) in [5, 5.41) is 7.18. The molecule has 0 saturated heterocycles. The van der Waals surface area contributed by atoms with Crippen molar-refractivity contribution in [3.63, 3.8) is 0 Å². The highest BCUT2D eigenvalue weighted by Gasteiger charge is 2.30. The van der Waals surface area contributed by atoms with Gasteiger partial charge in [0, 0.05) is 33.3 Å². The monoisotopic (exact) mass is 713 g/mol. The normalized spacial score (nSPS) is 11.7. The molecule has 1 aliphatic heterocycles. The van der Waals surface area contributed by atoms with E-state index in [1.165, 1.54) is 65.7 Å². The van der Waals surface area contributed by atoms with Gasteiger partial charge in [-0.05, 0) is 85.6 Å². The largest absolute Gasteiger partial charge is 0.454 e. The first kappa shape index (κ1) is 32.0. The zero-order valence-electron chi connectivity index (χ0n) is 30.6. The first-order valence-corrected chi connectivity index (χ1v) is 19.2. The number of nitrogens with zero attached hydrogens (tertiary/aromatic N) is 1. The van der Waals surface area contributed by atoms with Crippen molar-refractivity contribution in [2.75, 3.05) is 4.90 Å². The number of benzene rings is 10. The maximum Gasteiger partial charge on any atom is 0.159 e.